The number of aryl methyl sites for hydroxylation is 1. The Morgan fingerprint density at radius 2 is 1.86 bits per heavy atom. The average molecular weight is 503 g/mol. The van der Waals surface area contributed by atoms with Crippen LogP contribution in [0.3, 0.4) is 0 Å². The maximum atomic E-state index is 14.2. The van der Waals surface area contributed by atoms with Gasteiger partial charge in [0.15, 0.2) is 5.65 Å². The molecule has 0 bridgehead atoms. The number of carbonyl (C=O) groups excluding carboxylic acids is 1. The van der Waals surface area contributed by atoms with E-state index in [1.807, 2.05) is 25.4 Å². The maximum Gasteiger partial charge on any atom is 0.275 e. The van der Waals surface area contributed by atoms with Gasteiger partial charge in [-0.2, -0.15) is 5.10 Å². The van der Waals surface area contributed by atoms with Gasteiger partial charge < -0.3 is 14.5 Å². The van der Waals surface area contributed by atoms with Gasteiger partial charge in [-0.25, -0.2) is 23.1 Å². The molecule has 0 radical (unpaired) electrons. The molecule has 0 spiro atoms. The minimum Gasteiger partial charge on any atom is -0.356 e. The molecule has 0 aliphatic carbocycles. The molecule has 37 heavy (non-hydrogen) atoms. The molecule has 0 amide bonds. The van der Waals surface area contributed by atoms with Crippen LogP contribution in [-0.2, 0) is 13.6 Å². The van der Waals surface area contributed by atoms with Crippen molar-refractivity contribution >= 4 is 27.9 Å². The van der Waals surface area contributed by atoms with Gasteiger partial charge in [-0.15, -0.1) is 0 Å². The lowest BCUT2D eigenvalue weighted by molar-refractivity contribution is 0.103. The number of rotatable bonds is 5. The zero-order valence-electron chi connectivity index (χ0n) is 19.1. The third-order valence-corrected chi connectivity index (χ3v) is 6.01. The second kappa shape index (κ2) is 8.29. The summed E-state index contributed by atoms with van der Waals surface area (Å²) in [6.45, 7) is 0.0770. The molecule has 0 unspecified atom stereocenters. The van der Waals surface area contributed by atoms with Crippen LogP contribution in [0.15, 0.2) is 59.9 Å². The van der Waals surface area contributed by atoms with Crippen molar-refractivity contribution in [3.05, 3.63) is 99.9 Å². The monoisotopic (exact) mass is 503 g/mol. The number of hydrogen-bond acceptors (Lipinski definition) is 5. The lowest BCUT2D eigenvalue weighted by atomic mass is 10.0. The number of benzene rings is 1. The van der Waals surface area contributed by atoms with Crippen molar-refractivity contribution < 1.29 is 18.0 Å². The number of carbonyl (C=O) groups is 1. The van der Waals surface area contributed by atoms with E-state index in [0.717, 1.165) is 11.3 Å². The summed E-state index contributed by atoms with van der Waals surface area (Å²) in [7, 11) is 1.82. The van der Waals surface area contributed by atoms with Gasteiger partial charge in [-0.05, 0) is 18.2 Å². The van der Waals surface area contributed by atoms with Crippen molar-refractivity contribution in [1.82, 2.24) is 34.3 Å². The Morgan fingerprint density at radius 3 is 2.59 bits per heavy atom. The molecule has 0 atom stereocenters. The van der Waals surface area contributed by atoms with Crippen LogP contribution in [0.5, 0.6) is 0 Å². The molecule has 0 aliphatic rings. The molecule has 12 heteroatoms. The number of aromatic nitrogens is 7. The van der Waals surface area contributed by atoms with Crippen LogP contribution < -0.4 is 5.56 Å². The summed E-state index contributed by atoms with van der Waals surface area (Å²) in [4.78, 5) is 40.6. The van der Waals surface area contributed by atoms with Crippen molar-refractivity contribution in [3.63, 3.8) is 0 Å². The van der Waals surface area contributed by atoms with Crippen LogP contribution in [0.4, 0.5) is 13.2 Å². The number of pyridine rings is 2. The molecule has 5 aromatic heterocycles. The van der Waals surface area contributed by atoms with E-state index in [-0.39, 0.29) is 23.0 Å². The number of nitrogens with one attached hydrogen (secondary N) is 2. The van der Waals surface area contributed by atoms with E-state index in [4.69, 9.17) is 0 Å². The van der Waals surface area contributed by atoms with Crippen LogP contribution in [0.2, 0.25) is 0 Å². The zero-order chi connectivity index (χ0) is 25.8. The third kappa shape index (κ3) is 3.78. The number of H-pyrrole nitrogens is 2. The van der Waals surface area contributed by atoms with E-state index in [1.54, 1.807) is 10.9 Å². The number of hydrogen-bond donors (Lipinski definition) is 2. The predicted molar refractivity (Wildman–Crippen MR) is 127 cm³/mol. The molecule has 0 saturated carbocycles. The topological polar surface area (TPSA) is 114 Å². The van der Waals surface area contributed by atoms with Crippen molar-refractivity contribution in [2.45, 2.75) is 6.54 Å². The average Bonchev–Trinajstić information content (AvgIpc) is 3.57. The summed E-state index contributed by atoms with van der Waals surface area (Å²) in [5.41, 5.74) is 1.29. The first-order valence-corrected chi connectivity index (χ1v) is 11.0. The molecular weight excluding hydrogens is 487 g/mol. The molecule has 6 aromatic rings. The molecule has 0 aliphatic heterocycles. The van der Waals surface area contributed by atoms with Crippen LogP contribution in [-0.4, -0.2) is 40.1 Å². The summed E-state index contributed by atoms with van der Waals surface area (Å²) in [6.07, 6.45) is 6.14. The summed E-state index contributed by atoms with van der Waals surface area (Å²) < 4.78 is 44.6. The van der Waals surface area contributed by atoms with Gasteiger partial charge in [0.05, 0.1) is 23.3 Å². The lowest BCUT2D eigenvalue weighted by Crippen LogP contribution is -2.20. The fourth-order valence-corrected chi connectivity index (χ4v) is 4.26. The predicted octanol–water partition coefficient (Wildman–Crippen LogP) is 3.70. The highest BCUT2D eigenvalue weighted by atomic mass is 19.1. The largest absolute Gasteiger partial charge is 0.356 e. The molecule has 2 N–H and O–H groups in total. The summed E-state index contributed by atoms with van der Waals surface area (Å²) in [5.74, 6) is -4.32. The van der Waals surface area contributed by atoms with E-state index >= 15 is 0 Å². The Bertz CT molecular complexity index is 1890. The third-order valence-electron chi connectivity index (χ3n) is 6.01. The van der Waals surface area contributed by atoms with E-state index in [9.17, 15) is 22.8 Å². The van der Waals surface area contributed by atoms with E-state index in [1.165, 1.54) is 23.0 Å². The van der Waals surface area contributed by atoms with Crippen LogP contribution in [0, 0.1) is 17.5 Å². The summed E-state index contributed by atoms with van der Waals surface area (Å²) in [6, 6.07) is 6.08. The molecule has 9 nitrogen and oxygen atoms in total. The quantitative estimate of drug-likeness (QED) is 0.348. The van der Waals surface area contributed by atoms with Crippen molar-refractivity contribution in [2.24, 2.45) is 7.05 Å². The van der Waals surface area contributed by atoms with Crippen LogP contribution in [0.1, 0.15) is 21.7 Å². The second-order valence-corrected chi connectivity index (χ2v) is 8.47. The first kappa shape index (κ1) is 22.5. The highest BCUT2D eigenvalue weighted by Crippen LogP contribution is 2.24. The molecule has 0 saturated heterocycles. The molecule has 5 heterocycles. The SMILES string of the molecule is Cn1ccc(-c2cnc3nc(Cn4ccc5c(C(=O)c6c(F)cc(F)cc6F)c[nH]c5c4=O)[nH]c3c2)n1. The molecule has 0 fully saturated rings. The van der Waals surface area contributed by atoms with Gasteiger partial charge in [0.2, 0.25) is 5.78 Å². The van der Waals surface area contributed by atoms with Gasteiger partial charge in [-0.1, -0.05) is 0 Å². The molecular formula is C25H16F3N7O2. The Balaban J connectivity index is 1.33. The normalized spacial score (nSPS) is 11.6. The van der Waals surface area contributed by atoms with Crippen molar-refractivity contribution in [2.75, 3.05) is 0 Å². The first-order valence-electron chi connectivity index (χ1n) is 11.0. The number of halogens is 3. The fourth-order valence-electron chi connectivity index (χ4n) is 4.26. The highest BCUT2D eigenvalue weighted by Gasteiger charge is 2.24. The van der Waals surface area contributed by atoms with E-state index in [2.05, 4.69) is 25.0 Å². The van der Waals surface area contributed by atoms with Gasteiger partial charge in [0, 0.05) is 60.5 Å². The number of fused-ring (bicyclic) bond motifs is 2. The van der Waals surface area contributed by atoms with Crippen LogP contribution >= 0.6 is 0 Å². The standard InChI is InChI=1S/C25H16F3N7O2/c1-34-4-3-18(33-34)12-6-19-24(30-9-12)32-20(31-19)11-35-5-2-14-15(10-29-22(14)25(35)37)23(36)21-16(27)7-13(26)8-17(21)28/h2-10,29H,11H2,1H3,(H,30,31,32). The summed E-state index contributed by atoms with van der Waals surface area (Å²) in [5, 5.41) is 4.54. The Morgan fingerprint density at radius 1 is 1.08 bits per heavy atom. The summed E-state index contributed by atoms with van der Waals surface area (Å²) >= 11 is 0. The molecule has 184 valence electrons. The van der Waals surface area contributed by atoms with Gasteiger partial charge >= 0.3 is 0 Å². The van der Waals surface area contributed by atoms with Gasteiger partial charge in [-0.3, -0.25) is 14.3 Å². The molecule has 6 rings (SSSR count). The molecule has 1 aromatic carbocycles. The minimum atomic E-state index is -1.32. The highest BCUT2D eigenvalue weighted by molar-refractivity contribution is 6.16. The Kier molecular flexibility index (Phi) is 5.04. The number of aromatic amines is 2. The Labute approximate surface area is 205 Å². The lowest BCUT2D eigenvalue weighted by Gasteiger charge is -2.05. The van der Waals surface area contributed by atoms with Gasteiger partial charge in [0.25, 0.3) is 5.56 Å². The maximum absolute atomic E-state index is 14.2. The first-order chi connectivity index (χ1) is 17.8. The van der Waals surface area contributed by atoms with E-state index in [0.29, 0.717) is 29.1 Å². The Hall–Kier alpha value is -5.00. The van der Waals surface area contributed by atoms with E-state index < -0.39 is 34.4 Å². The smallest absolute Gasteiger partial charge is 0.275 e. The van der Waals surface area contributed by atoms with Crippen molar-refractivity contribution in [1.29, 1.82) is 0 Å². The van der Waals surface area contributed by atoms with Gasteiger partial charge in [0.1, 0.15) is 28.8 Å². The second-order valence-electron chi connectivity index (χ2n) is 8.47. The number of nitrogens with zero attached hydrogens (tertiary/aromatic N) is 5. The zero-order valence-corrected chi connectivity index (χ0v) is 19.1. The number of imidazole rings is 1. The minimum absolute atomic E-state index is 0.0699. The van der Waals surface area contributed by atoms with Crippen LogP contribution in [0.25, 0.3) is 33.3 Å². The fraction of sp³-hybridized carbons (Fsp3) is 0.0800. The number of ketones is 1. The van der Waals surface area contributed by atoms with Crippen molar-refractivity contribution in [3.8, 4) is 11.3 Å².